The van der Waals surface area contributed by atoms with Crippen molar-refractivity contribution in [2.45, 2.75) is 39.2 Å². The third-order valence-electron chi connectivity index (χ3n) is 3.70. The molecule has 1 rings (SSSR count). The topological polar surface area (TPSA) is 82.1 Å². The van der Waals surface area contributed by atoms with Crippen molar-refractivity contribution in [2.75, 3.05) is 20.1 Å². The fraction of sp³-hybridized carbons (Fsp3) is 0.917. The molecule has 1 aliphatic rings. The van der Waals surface area contributed by atoms with Crippen molar-refractivity contribution in [3.63, 3.8) is 0 Å². The van der Waals surface area contributed by atoms with Crippen LogP contribution in [0, 0.1) is 11.3 Å². The molecular weight excluding hydrogens is 218 g/mol. The van der Waals surface area contributed by atoms with Gasteiger partial charge in [-0.1, -0.05) is 19.0 Å². The van der Waals surface area contributed by atoms with Gasteiger partial charge in [0.2, 0.25) is 0 Å². The van der Waals surface area contributed by atoms with Crippen LogP contribution in [0.25, 0.3) is 0 Å². The number of rotatable bonds is 6. The molecule has 4 N–H and O–H groups in total. The lowest BCUT2D eigenvalue weighted by Gasteiger charge is -2.35. The number of aliphatic hydroxyl groups is 1. The largest absolute Gasteiger partial charge is 0.409 e. The Hall–Kier alpha value is -0.810. The highest BCUT2D eigenvalue weighted by atomic mass is 16.4. The van der Waals surface area contributed by atoms with E-state index >= 15 is 0 Å². The number of hydrogen-bond acceptors (Lipinski definition) is 4. The van der Waals surface area contributed by atoms with Gasteiger partial charge in [-0.15, -0.1) is 0 Å². The van der Waals surface area contributed by atoms with Crippen molar-refractivity contribution in [2.24, 2.45) is 22.2 Å². The fourth-order valence-corrected chi connectivity index (χ4v) is 2.12. The van der Waals surface area contributed by atoms with E-state index in [0.29, 0.717) is 5.92 Å². The van der Waals surface area contributed by atoms with Crippen LogP contribution in [-0.4, -0.2) is 47.3 Å². The van der Waals surface area contributed by atoms with Gasteiger partial charge in [0.15, 0.2) is 0 Å². The molecule has 0 amide bonds. The van der Waals surface area contributed by atoms with Crippen molar-refractivity contribution in [3.05, 3.63) is 0 Å². The van der Waals surface area contributed by atoms with Crippen LogP contribution in [0.4, 0.5) is 0 Å². The average molecular weight is 243 g/mol. The first-order chi connectivity index (χ1) is 7.85. The predicted octanol–water partition coefficient (Wildman–Crippen LogP) is 0.852. The van der Waals surface area contributed by atoms with Gasteiger partial charge in [0.05, 0.1) is 6.10 Å². The van der Waals surface area contributed by atoms with Crippen molar-refractivity contribution in [1.29, 1.82) is 0 Å². The minimum absolute atomic E-state index is 0.0815. The zero-order valence-electron chi connectivity index (χ0n) is 11.1. The summed E-state index contributed by atoms with van der Waals surface area (Å²) in [4.78, 5) is 2.25. The van der Waals surface area contributed by atoms with Crippen LogP contribution in [0.1, 0.15) is 33.1 Å². The normalized spacial score (nSPS) is 26.1. The maximum atomic E-state index is 9.22. The highest BCUT2D eigenvalue weighted by molar-refractivity contribution is 5.85. The van der Waals surface area contributed by atoms with E-state index in [0.717, 1.165) is 32.4 Å². The summed E-state index contributed by atoms with van der Waals surface area (Å²) in [5.41, 5.74) is 5.37. The Morgan fingerprint density at radius 3 is 2.53 bits per heavy atom. The van der Waals surface area contributed by atoms with Crippen LogP contribution in [0.5, 0.6) is 0 Å². The van der Waals surface area contributed by atoms with Crippen LogP contribution >= 0.6 is 0 Å². The first kappa shape index (κ1) is 14.3. The molecule has 0 heterocycles. The molecule has 0 aromatic heterocycles. The standard InChI is InChI=1S/C12H25N3O2/c1-12(2,11(13)14-17)4-5-15(3)8-9-6-10(16)7-9/h9-10,16-17H,4-8H2,1-3H3,(H2,13,14). The van der Waals surface area contributed by atoms with E-state index in [4.69, 9.17) is 10.9 Å². The smallest absolute Gasteiger partial charge is 0.144 e. The molecular formula is C12H25N3O2. The van der Waals surface area contributed by atoms with Gasteiger partial charge in [0.1, 0.15) is 5.84 Å². The molecule has 0 aromatic rings. The van der Waals surface area contributed by atoms with Gasteiger partial charge >= 0.3 is 0 Å². The van der Waals surface area contributed by atoms with Crippen molar-refractivity contribution < 1.29 is 10.3 Å². The molecule has 0 atom stereocenters. The highest BCUT2D eigenvalue weighted by Gasteiger charge is 2.29. The lowest BCUT2D eigenvalue weighted by Crippen LogP contribution is -2.40. The third-order valence-corrected chi connectivity index (χ3v) is 3.70. The fourth-order valence-electron chi connectivity index (χ4n) is 2.12. The summed E-state index contributed by atoms with van der Waals surface area (Å²) in [6.45, 7) is 5.88. The van der Waals surface area contributed by atoms with E-state index in [-0.39, 0.29) is 17.4 Å². The van der Waals surface area contributed by atoms with Crippen molar-refractivity contribution in [3.8, 4) is 0 Å². The van der Waals surface area contributed by atoms with E-state index in [1.54, 1.807) is 0 Å². The number of nitrogens with two attached hydrogens (primary N) is 1. The molecule has 17 heavy (non-hydrogen) atoms. The quantitative estimate of drug-likeness (QED) is 0.279. The molecule has 1 fully saturated rings. The Morgan fingerprint density at radius 2 is 2.06 bits per heavy atom. The van der Waals surface area contributed by atoms with Gasteiger partial charge in [0, 0.05) is 12.0 Å². The molecule has 0 bridgehead atoms. The van der Waals surface area contributed by atoms with Crippen molar-refractivity contribution in [1.82, 2.24) is 4.90 Å². The Morgan fingerprint density at radius 1 is 1.47 bits per heavy atom. The number of oxime groups is 1. The number of aliphatic hydroxyl groups excluding tert-OH is 1. The lowest BCUT2D eigenvalue weighted by atomic mass is 9.82. The van der Waals surface area contributed by atoms with Gasteiger partial charge in [0.25, 0.3) is 0 Å². The minimum atomic E-state index is -0.276. The zero-order valence-corrected chi connectivity index (χ0v) is 11.1. The Kier molecular flexibility index (Phi) is 4.77. The van der Waals surface area contributed by atoms with E-state index in [2.05, 4.69) is 17.1 Å². The Labute approximate surface area is 103 Å². The Bertz CT molecular complexity index is 273. The van der Waals surface area contributed by atoms with E-state index in [1.165, 1.54) is 0 Å². The number of amidine groups is 1. The molecule has 0 unspecified atom stereocenters. The monoisotopic (exact) mass is 243 g/mol. The number of nitrogens with zero attached hydrogens (tertiary/aromatic N) is 2. The average Bonchev–Trinajstić information content (AvgIpc) is 2.23. The molecule has 0 radical (unpaired) electrons. The van der Waals surface area contributed by atoms with Crippen LogP contribution < -0.4 is 5.73 Å². The van der Waals surface area contributed by atoms with Gasteiger partial charge in [-0.05, 0) is 38.8 Å². The molecule has 0 spiro atoms. The molecule has 1 aliphatic carbocycles. The summed E-state index contributed by atoms with van der Waals surface area (Å²) in [5.74, 6) is 0.909. The molecule has 5 heteroatoms. The SMILES string of the molecule is CN(CCC(C)(C)C(N)=NO)CC1CC(O)C1. The third kappa shape index (κ3) is 4.16. The first-order valence-corrected chi connectivity index (χ1v) is 6.19. The second kappa shape index (κ2) is 5.69. The summed E-state index contributed by atoms with van der Waals surface area (Å²) in [5, 5.41) is 21.0. The summed E-state index contributed by atoms with van der Waals surface area (Å²) in [7, 11) is 2.08. The lowest BCUT2D eigenvalue weighted by molar-refractivity contribution is 0.0275. The zero-order chi connectivity index (χ0) is 13.1. The van der Waals surface area contributed by atoms with Gasteiger partial charge in [-0.2, -0.15) is 0 Å². The predicted molar refractivity (Wildman–Crippen MR) is 68.0 cm³/mol. The molecule has 0 saturated heterocycles. The minimum Gasteiger partial charge on any atom is -0.409 e. The molecule has 0 aromatic carbocycles. The highest BCUT2D eigenvalue weighted by Crippen LogP contribution is 2.28. The maximum absolute atomic E-state index is 9.22. The van der Waals surface area contributed by atoms with E-state index < -0.39 is 0 Å². The summed E-state index contributed by atoms with van der Waals surface area (Å²) >= 11 is 0. The molecule has 100 valence electrons. The van der Waals surface area contributed by atoms with Crippen LogP contribution in [0.15, 0.2) is 5.16 Å². The van der Waals surface area contributed by atoms with Crippen LogP contribution in [-0.2, 0) is 0 Å². The van der Waals surface area contributed by atoms with Gasteiger partial charge in [-0.3, -0.25) is 0 Å². The van der Waals surface area contributed by atoms with Gasteiger partial charge in [-0.25, -0.2) is 0 Å². The van der Waals surface area contributed by atoms with Crippen LogP contribution in [0.2, 0.25) is 0 Å². The molecule has 1 saturated carbocycles. The Balaban J connectivity index is 2.25. The molecule has 5 nitrogen and oxygen atoms in total. The number of hydrogen-bond donors (Lipinski definition) is 3. The second-order valence-electron chi connectivity index (χ2n) is 5.87. The first-order valence-electron chi connectivity index (χ1n) is 6.19. The van der Waals surface area contributed by atoms with Crippen molar-refractivity contribution >= 4 is 5.84 Å². The van der Waals surface area contributed by atoms with Gasteiger partial charge < -0.3 is 20.9 Å². The van der Waals surface area contributed by atoms with Crippen LogP contribution in [0.3, 0.4) is 0 Å². The molecule has 0 aliphatic heterocycles. The summed E-state index contributed by atoms with van der Waals surface area (Å²) < 4.78 is 0. The maximum Gasteiger partial charge on any atom is 0.144 e. The second-order valence-corrected chi connectivity index (χ2v) is 5.87. The summed E-state index contributed by atoms with van der Waals surface area (Å²) in [6.07, 6.45) is 2.62. The van der Waals surface area contributed by atoms with E-state index in [9.17, 15) is 5.11 Å². The summed E-state index contributed by atoms with van der Waals surface area (Å²) in [6, 6.07) is 0. The van der Waals surface area contributed by atoms with E-state index in [1.807, 2.05) is 13.8 Å².